The molecule has 25 nitrogen and oxygen atoms in total. The Hall–Kier alpha value is -10.7. The van der Waals surface area contributed by atoms with E-state index < -0.39 is 136 Å². The molecule has 3 heterocycles. The van der Waals surface area contributed by atoms with Crippen LogP contribution in [0, 0.1) is 5.92 Å². The number of hydrogen-bond donors (Lipinski definition) is 6. The number of likely N-dealkylation sites (tertiary alicyclic amines) is 1. The van der Waals surface area contributed by atoms with E-state index in [1.807, 2.05) is 130 Å². The summed E-state index contributed by atoms with van der Waals surface area (Å²) in [6.07, 6.45) is 2.05. The summed E-state index contributed by atoms with van der Waals surface area (Å²) in [5.41, 5.74) is -0.467. The maximum Gasteiger partial charge on any atom is 0.419 e. The van der Waals surface area contributed by atoms with Crippen molar-refractivity contribution in [1.29, 1.82) is 0 Å². The van der Waals surface area contributed by atoms with Crippen molar-refractivity contribution in [1.82, 2.24) is 50.9 Å². The average molecular weight is 1460 g/mol. The van der Waals surface area contributed by atoms with Gasteiger partial charge >= 0.3 is 18.2 Å². The minimum absolute atomic E-state index is 0.0293. The standard InChI is InChI=1S/C81H102N10O15/c1-50(2)42-63(74(99)102-16)87-68(93)51(3)83-69(94)60(43-52-36-38-58(39-37-52)104-78(7,8)9)84-72(97)64(48-103-77(4,5)6)88-70(95)61(44-53-46-90(75(100)105-79(10,11)12)65-35-27-26-34-59(53)65)85-71(96)62(86-73(98)66-40-41-67(92)91(66)76(101)106-80(13,14)15)45-57-47-89(49-82-57)81(54-28-20-17-21-29-54,55-30-22-18-23-31-55)56-32-24-19-25-33-56/h17-39,46-47,49-51,60-64,66H,40-45,48H2,1-16H3,(H,83,94)(H,84,97)(H,85,96)(H,86,98)(H,87,93)(H,88,95)/t51-,60+,61+,62+,63+,64+,66+/m1/s1. The van der Waals surface area contributed by atoms with Gasteiger partial charge in [-0.2, -0.15) is 0 Å². The largest absolute Gasteiger partial charge is 0.488 e. The van der Waals surface area contributed by atoms with Gasteiger partial charge in [-0.15, -0.1) is 0 Å². The monoisotopic (exact) mass is 1450 g/mol. The molecule has 0 saturated carbocycles. The van der Waals surface area contributed by atoms with Gasteiger partial charge in [-0.05, 0) is 155 Å². The summed E-state index contributed by atoms with van der Waals surface area (Å²) in [6.45, 7) is 25.5. The minimum atomic E-state index is -1.70. The van der Waals surface area contributed by atoms with Crippen LogP contribution in [0.5, 0.6) is 5.75 Å². The maximum atomic E-state index is 15.9. The van der Waals surface area contributed by atoms with Crippen LogP contribution in [0.3, 0.4) is 0 Å². The summed E-state index contributed by atoms with van der Waals surface area (Å²) in [6, 6.07) is 32.8. The lowest BCUT2D eigenvalue weighted by molar-refractivity contribution is -0.146. The number of aromatic nitrogens is 3. The van der Waals surface area contributed by atoms with Gasteiger partial charge in [0.2, 0.25) is 41.4 Å². The van der Waals surface area contributed by atoms with Gasteiger partial charge < -0.3 is 60.2 Å². The number of ether oxygens (including phenoxy) is 5. The molecule has 2 aromatic heterocycles. The Kier molecular flexibility index (Phi) is 26.3. The third-order valence-corrected chi connectivity index (χ3v) is 17.2. The lowest BCUT2D eigenvalue weighted by atomic mass is 9.77. The van der Waals surface area contributed by atoms with Crippen LogP contribution < -0.4 is 36.6 Å². The molecular weight excluding hydrogens is 1350 g/mol. The Labute approximate surface area is 619 Å². The van der Waals surface area contributed by atoms with Gasteiger partial charge in [0.15, 0.2) is 0 Å². The summed E-state index contributed by atoms with van der Waals surface area (Å²) in [5.74, 6) is -6.18. The molecule has 0 unspecified atom stereocenters. The molecule has 0 spiro atoms. The van der Waals surface area contributed by atoms with Crippen molar-refractivity contribution in [2.75, 3.05) is 13.7 Å². The second kappa shape index (κ2) is 34.5. The van der Waals surface area contributed by atoms with Crippen molar-refractivity contribution in [3.63, 3.8) is 0 Å². The highest BCUT2D eigenvalue weighted by molar-refractivity contribution is 6.03. The van der Waals surface area contributed by atoms with E-state index in [2.05, 4.69) is 31.9 Å². The predicted octanol–water partition coefficient (Wildman–Crippen LogP) is 9.56. The Morgan fingerprint density at radius 2 is 1.01 bits per heavy atom. The quantitative estimate of drug-likeness (QED) is 0.0151. The highest BCUT2D eigenvalue weighted by Crippen LogP contribution is 2.41. The van der Waals surface area contributed by atoms with Gasteiger partial charge in [0.05, 0.1) is 36.9 Å². The molecule has 7 atom stereocenters. The van der Waals surface area contributed by atoms with E-state index in [1.165, 1.54) is 24.8 Å². The van der Waals surface area contributed by atoms with Crippen LogP contribution in [0.1, 0.15) is 157 Å². The molecule has 566 valence electrons. The van der Waals surface area contributed by atoms with E-state index in [4.69, 9.17) is 28.7 Å². The van der Waals surface area contributed by atoms with Crippen LogP contribution in [-0.4, -0.2) is 157 Å². The number of fused-ring (bicyclic) bond motifs is 1. The molecular formula is C81H102N10O15. The molecule has 0 bridgehead atoms. The molecule has 25 heteroatoms. The van der Waals surface area contributed by atoms with Crippen LogP contribution in [0.2, 0.25) is 0 Å². The highest BCUT2D eigenvalue weighted by Gasteiger charge is 2.45. The van der Waals surface area contributed by atoms with Crippen molar-refractivity contribution in [3.8, 4) is 5.75 Å². The van der Waals surface area contributed by atoms with Crippen molar-refractivity contribution in [2.45, 2.75) is 213 Å². The predicted molar refractivity (Wildman–Crippen MR) is 399 cm³/mol. The molecule has 6 N–H and O–H groups in total. The normalized spacial score (nSPS) is 15.2. The molecule has 8 rings (SSSR count). The zero-order chi connectivity index (χ0) is 77.6. The second-order valence-electron chi connectivity index (χ2n) is 31.0. The summed E-state index contributed by atoms with van der Waals surface area (Å²) < 4.78 is 31.9. The van der Waals surface area contributed by atoms with Crippen LogP contribution >= 0.6 is 0 Å². The van der Waals surface area contributed by atoms with E-state index in [1.54, 1.807) is 123 Å². The van der Waals surface area contributed by atoms with Crippen molar-refractivity contribution in [2.24, 2.45) is 5.92 Å². The molecule has 1 fully saturated rings. The van der Waals surface area contributed by atoms with E-state index in [9.17, 15) is 28.8 Å². The molecule has 0 aliphatic carbocycles. The molecule has 106 heavy (non-hydrogen) atoms. The number of imidazole rings is 1. The number of esters is 1. The number of methoxy groups -OCH3 is 1. The summed E-state index contributed by atoms with van der Waals surface area (Å²) in [4.78, 5) is 151. The van der Waals surface area contributed by atoms with Crippen molar-refractivity contribution in [3.05, 3.63) is 192 Å². The van der Waals surface area contributed by atoms with Gasteiger partial charge in [0, 0.05) is 43.5 Å². The molecule has 1 aliphatic heterocycles. The van der Waals surface area contributed by atoms with Gasteiger partial charge in [-0.1, -0.05) is 135 Å². The lowest BCUT2D eigenvalue weighted by Gasteiger charge is -2.37. The summed E-state index contributed by atoms with van der Waals surface area (Å²) in [5, 5.41) is 17.2. The Morgan fingerprint density at radius 1 is 0.519 bits per heavy atom. The zero-order valence-corrected chi connectivity index (χ0v) is 63.5. The summed E-state index contributed by atoms with van der Waals surface area (Å²) >= 11 is 0. The number of rotatable bonds is 28. The fourth-order valence-corrected chi connectivity index (χ4v) is 12.4. The number of benzene rings is 5. The van der Waals surface area contributed by atoms with Crippen LogP contribution in [-0.2, 0) is 82.1 Å². The minimum Gasteiger partial charge on any atom is -0.488 e. The van der Waals surface area contributed by atoms with E-state index in [0.29, 0.717) is 27.8 Å². The Morgan fingerprint density at radius 3 is 1.54 bits per heavy atom. The first-order valence-electron chi connectivity index (χ1n) is 35.7. The molecule has 8 amide bonds. The van der Waals surface area contributed by atoms with Gasteiger partial charge in [0.25, 0.3) is 0 Å². The Bertz CT molecular complexity index is 4150. The highest BCUT2D eigenvalue weighted by atomic mass is 16.6. The lowest BCUT2D eigenvalue weighted by Crippen LogP contribution is -2.61. The number of hydrogen-bond acceptors (Lipinski definition) is 16. The van der Waals surface area contributed by atoms with Crippen LogP contribution in [0.15, 0.2) is 158 Å². The molecule has 1 saturated heterocycles. The smallest absolute Gasteiger partial charge is 0.419 e. The first-order chi connectivity index (χ1) is 49.8. The molecule has 5 aromatic carbocycles. The van der Waals surface area contributed by atoms with E-state index in [-0.39, 0.29) is 50.1 Å². The number of para-hydroxylation sites is 1. The van der Waals surface area contributed by atoms with Crippen LogP contribution in [0.25, 0.3) is 10.9 Å². The van der Waals surface area contributed by atoms with Gasteiger partial charge in [-0.3, -0.25) is 38.1 Å². The number of carbonyl (C=O) groups excluding carboxylic acids is 10. The topological polar surface area (TPSA) is 315 Å². The number of amides is 8. The number of nitrogens with zero attached hydrogens (tertiary/aromatic N) is 4. The maximum absolute atomic E-state index is 15.9. The Balaban J connectivity index is 1.22. The van der Waals surface area contributed by atoms with Gasteiger partial charge in [-0.25, -0.2) is 24.3 Å². The van der Waals surface area contributed by atoms with Crippen molar-refractivity contribution >= 4 is 70.4 Å². The molecule has 7 aromatic rings. The van der Waals surface area contributed by atoms with E-state index >= 15 is 19.2 Å². The third kappa shape index (κ3) is 21.7. The van der Waals surface area contributed by atoms with Crippen LogP contribution in [0.4, 0.5) is 9.59 Å². The molecule has 0 radical (unpaired) electrons. The number of carbonyl (C=O) groups is 10. The summed E-state index contributed by atoms with van der Waals surface area (Å²) in [7, 11) is 1.20. The molecule has 1 aliphatic rings. The third-order valence-electron chi connectivity index (χ3n) is 17.2. The fraction of sp³-hybridized carbons (Fsp3) is 0.444. The van der Waals surface area contributed by atoms with E-state index in [0.717, 1.165) is 21.6 Å². The first-order valence-corrected chi connectivity index (χ1v) is 35.7. The SMILES string of the molecule is COC(=O)[C@H](CC(C)C)NC(=O)[C@@H](C)NC(=O)[C@H](Cc1ccc(OC(C)(C)C)cc1)NC(=O)[C@H](COC(C)(C)C)NC(=O)[C@H](Cc1cn(C(=O)OC(C)(C)C)c2ccccc12)NC(=O)[C@H](Cc1cn(C(c2ccccc2)(c2ccccc2)c2ccccc2)cn1)NC(=O)[C@@H]1CCC(=O)N1C(=O)OC(C)(C)C. The number of imide groups is 1. The fourth-order valence-electron chi connectivity index (χ4n) is 12.4. The zero-order valence-electron chi connectivity index (χ0n) is 63.5. The second-order valence-corrected chi connectivity index (χ2v) is 31.0. The van der Waals surface area contributed by atoms with Gasteiger partial charge in [0.1, 0.15) is 70.4 Å². The average Bonchev–Trinajstić information content (AvgIpc) is 1.27. The first kappa shape index (κ1) is 81.0. The van der Waals surface area contributed by atoms with Crippen molar-refractivity contribution < 1.29 is 71.6 Å². The number of nitrogens with one attached hydrogen (secondary N) is 6.